The predicted molar refractivity (Wildman–Crippen MR) is 282 cm³/mol. The third kappa shape index (κ3) is 9.12. The van der Waals surface area contributed by atoms with Crippen LogP contribution in [-0.4, -0.2) is 267 Å². The van der Waals surface area contributed by atoms with E-state index in [0.29, 0.717) is 57.8 Å². The van der Waals surface area contributed by atoms with Crippen molar-refractivity contribution in [2.45, 2.75) is 241 Å². The van der Waals surface area contributed by atoms with Gasteiger partial charge in [-0.15, -0.1) is 0 Å². The summed E-state index contributed by atoms with van der Waals surface area (Å²) in [5, 5.41) is 212. The summed E-state index contributed by atoms with van der Waals surface area (Å²) in [7, 11) is -4.67. The number of rotatable bonds is 14. The lowest BCUT2D eigenvalue weighted by Crippen LogP contribution is -2.86. The quantitative estimate of drug-likeness (QED) is 0.0721. The number of aliphatic hydroxyl groups is 17. The van der Waals surface area contributed by atoms with Crippen LogP contribution in [0.4, 0.5) is 0 Å². The zero-order valence-corrected chi connectivity index (χ0v) is 48.2. The Hall–Kier alpha value is -1.96. The topological polar surface area (TPSA) is 507 Å². The average molecular weight is 1250 g/mol. The summed E-state index contributed by atoms with van der Waals surface area (Å²) >= 11 is 0. The monoisotopic (exact) mass is 1250 g/mol. The second-order valence-electron chi connectivity index (χ2n) is 29.5. The number of carbonyl (C=O) groups excluding carboxylic acids is 3. The van der Waals surface area contributed by atoms with Crippen LogP contribution in [0.2, 0.25) is 0 Å². The van der Waals surface area contributed by atoms with Crippen LogP contribution in [0.3, 0.4) is 0 Å². The van der Waals surface area contributed by atoms with Crippen molar-refractivity contribution in [2.24, 2.45) is 69.5 Å². The fourth-order valence-corrected chi connectivity index (χ4v) is 21.9. The predicted octanol–water partition coefficient (Wildman–Crippen LogP) is -5.77. The molecule has 29 heteroatoms. The summed E-state index contributed by atoms with van der Waals surface area (Å²) in [6.45, 7) is -3.63. The van der Waals surface area contributed by atoms with Crippen LogP contribution < -0.4 is 0 Å². The zero-order valence-electron chi connectivity index (χ0n) is 47.4. The van der Waals surface area contributed by atoms with Crippen LogP contribution in [0.1, 0.15) is 116 Å². The molecule has 12 saturated carbocycles. The van der Waals surface area contributed by atoms with Gasteiger partial charge in [0, 0.05) is 16.2 Å². The molecule has 4 heterocycles. The largest absolute Gasteiger partial charge is 0.394 e. The van der Waals surface area contributed by atoms with Gasteiger partial charge in [-0.25, -0.2) is 0 Å². The smallest absolute Gasteiger partial charge is 0.394 e. The molecule has 4 aliphatic heterocycles. The van der Waals surface area contributed by atoms with E-state index in [1.54, 1.807) is 0 Å². The van der Waals surface area contributed by atoms with Crippen molar-refractivity contribution < 1.29 is 138 Å². The van der Waals surface area contributed by atoms with E-state index in [2.05, 4.69) is 0 Å². The number of hydrogen-bond donors (Lipinski definition) is 19. The van der Waals surface area contributed by atoms with Crippen molar-refractivity contribution in [1.29, 1.82) is 0 Å². The Morgan fingerprint density at radius 3 is 0.988 bits per heavy atom. The third-order valence-corrected chi connectivity index (χ3v) is 24.2. The lowest BCUT2D eigenvalue weighted by molar-refractivity contribution is -0.388. The van der Waals surface area contributed by atoms with Crippen molar-refractivity contribution >= 4 is 27.7 Å². The second-order valence-corrected chi connectivity index (χ2v) is 30.4. The SMILES string of the molecule is O=C(C12CC3CC(CC(C3)C1)C2)C(O)(C1O[C@H](CO)[C@@H](O)[C@H](O)[C@H]1O)C1(O)O[C@H](C(O)(C2O[C@H](CO)[C@H](O)[C@H](O)[C@H]2O)C2O[C@H](CO)[C@H](O)[C@H](O)[C@H]2O)[C@](O)(C(=O)C23CC4CC(CC(C4)C2)C3)[C@@]1(O)C(=O)C12CC3CC(CC(C3)C1)C2.O=S(=O)(O)O. The summed E-state index contributed by atoms with van der Waals surface area (Å²) in [5.74, 6) is -10.9. The molecule has 28 nitrogen and oxygen atoms in total. The summed E-state index contributed by atoms with van der Waals surface area (Å²) < 4.78 is 56.6. The maximum absolute atomic E-state index is 17.3. The Labute approximate surface area is 494 Å². The van der Waals surface area contributed by atoms with E-state index in [1.807, 2.05) is 0 Å². The molecule has 12 bridgehead atoms. The van der Waals surface area contributed by atoms with Crippen molar-refractivity contribution in [2.75, 3.05) is 19.8 Å². The Bertz CT molecular complexity index is 2590. The van der Waals surface area contributed by atoms with Gasteiger partial charge in [0.15, 0.2) is 28.6 Å². The van der Waals surface area contributed by atoms with Crippen LogP contribution in [-0.2, 0) is 43.7 Å². The first-order valence-electron chi connectivity index (χ1n) is 30.7. The van der Waals surface area contributed by atoms with Crippen molar-refractivity contribution in [3.63, 3.8) is 0 Å². The first kappa shape index (κ1) is 64.2. The molecular weight excluding hydrogens is 1160 g/mol. The van der Waals surface area contributed by atoms with Crippen molar-refractivity contribution in [3.05, 3.63) is 0 Å². The Balaban J connectivity index is 0.00000139. The lowest BCUT2D eigenvalue weighted by atomic mass is 9.42. The number of aliphatic hydroxyl groups excluding tert-OH is 12. The van der Waals surface area contributed by atoms with E-state index >= 15 is 24.6 Å². The summed E-state index contributed by atoms with van der Waals surface area (Å²) in [6, 6.07) is 0. The molecule has 488 valence electrons. The molecule has 0 spiro atoms. The molecule has 0 aromatic carbocycles. The van der Waals surface area contributed by atoms with Gasteiger partial charge >= 0.3 is 10.4 Å². The Kier molecular flexibility index (Phi) is 16.1. The van der Waals surface area contributed by atoms with Crippen LogP contribution in [0.5, 0.6) is 0 Å². The number of hydrogen-bond acceptors (Lipinski definition) is 26. The van der Waals surface area contributed by atoms with Gasteiger partial charge in [0.25, 0.3) is 0 Å². The van der Waals surface area contributed by atoms with E-state index < -0.39 is 190 Å². The molecule has 0 aromatic heterocycles. The Morgan fingerprint density at radius 1 is 0.419 bits per heavy atom. The van der Waals surface area contributed by atoms with Crippen LogP contribution in [0.15, 0.2) is 0 Å². The standard InChI is InChI=1S/C57H84O24.H2O4S/c58-19-31-34(61)37(64)40(67)43(78-31)53(73,44-41(68)38(65)35(62)32(20-59)79-44)49-55(75,47(71)51-13-25-4-26(14-51)6-27(5-25)15-51)56(76,48(72)52-16-28-7-29(17-52)9-30(8-28)18-52)57(77,81-49)54(74,45-42(69)39(66)36(63)33(21-60)80-45)46(70)50-10-22-1-23(11-50)3-24(2-22)12-50;1-5(2,3)4/h22-45,49,58-69,73-77H,1-21H2;(H2,1,2,3,4)/t22?,23?,24?,25?,26?,27?,28?,29?,30?,31-,32-,33-,34+,35+,36-,37+,38+,39+,40-,41-,42-,43?,44?,45?,49-,50?,51?,52?,53?,54?,55-,56+,57?;/m1./s1. The fourth-order valence-electron chi connectivity index (χ4n) is 21.9. The molecule has 19 N–H and O–H groups in total. The number of ether oxygens (including phenoxy) is 4. The number of Topliss-reactive ketones (excluding diaryl/α,β-unsaturated/α-hetero) is 3. The molecule has 12 aliphatic carbocycles. The zero-order chi connectivity index (χ0) is 62.3. The first-order valence-corrected chi connectivity index (χ1v) is 32.1. The summed E-state index contributed by atoms with van der Waals surface area (Å²) in [6.07, 6.45) is -34.7. The molecule has 16 aliphatic rings. The van der Waals surface area contributed by atoms with Gasteiger partial charge in [-0.2, -0.15) is 8.42 Å². The van der Waals surface area contributed by atoms with Crippen molar-refractivity contribution in [3.8, 4) is 0 Å². The maximum Gasteiger partial charge on any atom is 0.394 e. The summed E-state index contributed by atoms with van der Waals surface area (Å²) in [4.78, 5) is 51.6. The summed E-state index contributed by atoms with van der Waals surface area (Å²) in [5.41, 5.74) is -22.7. The minimum atomic E-state index is -4.68. The molecule has 16 rings (SSSR count). The lowest BCUT2D eigenvalue weighted by Gasteiger charge is -2.63. The molecule has 16 fully saturated rings. The molecular formula is C57H86O28S. The number of carbonyl (C=O) groups is 3. The minimum Gasteiger partial charge on any atom is -0.394 e. The molecule has 4 saturated heterocycles. The highest BCUT2D eigenvalue weighted by atomic mass is 32.3. The highest BCUT2D eigenvalue weighted by Crippen LogP contribution is 2.71. The van der Waals surface area contributed by atoms with Gasteiger partial charge < -0.3 is 106 Å². The van der Waals surface area contributed by atoms with Crippen LogP contribution in [0, 0.1) is 69.5 Å². The van der Waals surface area contributed by atoms with Gasteiger partial charge in [0.2, 0.25) is 17.0 Å². The molecule has 20 atom stereocenters. The average Bonchev–Trinajstić information content (AvgIpc) is 1.42. The third-order valence-electron chi connectivity index (χ3n) is 24.2. The van der Waals surface area contributed by atoms with E-state index in [4.69, 9.17) is 36.5 Å². The van der Waals surface area contributed by atoms with Crippen molar-refractivity contribution in [1.82, 2.24) is 0 Å². The molecule has 0 aromatic rings. The van der Waals surface area contributed by atoms with Crippen LogP contribution >= 0.6 is 0 Å². The highest BCUT2D eigenvalue weighted by Gasteiger charge is 2.93. The second kappa shape index (κ2) is 21.6. The van der Waals surface area contributed by atoms with E-state index in [9.17, 15) is 76.6 Å². The van der Waals surface area contributed by atoms with Gasteiger partial charge in [0.05, 0.1) is 19.8 Å². The van der Waals surface area contributed by atoms with Gasteiger partial charge in [-0.1, -0.05) is 0 Å². The van der Waals surface area contributed by atoms with Gasteiger partial charge in [-0.3, -0.25) is 23.5 Å². The maximum atomic E-state index is 17.3. The van der Waals surface area contributed by atoms with E-state index in [-0.39, 0.29) is 111 Å². The van der Waals surface area contributed by atoms with Crippen LogP contribution in [0.25, 0.3) is 0 Å². The van der Waals surface area contributed by atoms with Gasteiger partial charge in [0.1, 0.15) is 97.7 Å². The molecule has 0 amide bonds. The number of ketones is 3. The highest BCUT2D eigenvalue weighted by molar-refractivity contribution is 7.79. The van der Waals surface area contributed by atoms with Gasteiger partial charge in [-0.05, 0) is 169 Å². The Morgan fingerprint density at radius 2 is 0.686 bits per heavy atom. The molecule has 0 radical (unpaired) electrons. The van der Waals surface area contributed by atoms with E-state index in [0.717, 1.165) is 0 Å². The van der Waals surface area contributed by atoms with E-state index in [1.165, 1.54) is 0 Å². The minimum absolute atomic E-state index is 0.00950. The normalized spacial score (nSPS) is 55.5. The first-order chi connectivity index (χ1) is 40.1. The molecule has 5 unspecified atom stereocenters. The molecule has 86 heavy (non-hydrogen) atoms. The fraction of sp³-hybridized carbons (Fsp3) is 0.947.